The highest BCUT2D eigenvalue weighted by atomic mass is 31.2. The molecule has 6 aromatic rings. The summed E-state index contributed by atoms with van der Waals surface area (Å²) in [7, 11) is -4.38. The number of hydrogen-bond donors (Lipinski definition) is 2. The summed E-state index contributed by atoms with van der Waals surface area (Å²) in [4.78, 5) is 40.3. The van der Waals surface area contributed by atoms with Gasteiger partial charge in [-0.3, -0.25) is 9.05 Å². The molecule has 0 aliphatic carbocycles. The first-order chi connectivity index (χ1) is 29.6. The lowest BCUT2D eigenvalue weighted by molar-refractivity contribution is -0.151. The third-order valence-electron chi connectivity index (χ3n) is 9.23. The molecule has 0 aliphatic heterocycles. The van der Waals surface area contributed by atoms with Gasteiger partial charge in [-0.25, -0.2) is 24.4 Å². The Bertz CT molecular complexity index is 2330. The van der Waals surface area contributed by atoms with Crippen molar-refractivity contribution in [1.82, 2.24) is 10.4 Å². The largest absolute Gasteiger partial charge is 0.530 e. The van der Waals surface area contributed by atoms with Crippen molar-refractivity contribution < 1.29 is 51.8 Å². The van der Waals surface area contributed by atoms with Gasteiger partial charge in [-0.2, -0.15) is 5.01 Å². The van der Waals surface area contributed by atoms with Crippen LogP contribution in [0.3, 0.4) is 0 Å². The predicted octanol–water partition coefficient (Wildman–Crippen LogP) is 10.1. The Morgan fingerprint density at radius 3 is 1.44 bits per heavy atom. The van der Waals surface area contributed by atoms with Crippen LogP contribution >= 0.6 is 7.82 Å². The topological polar surface area (TPSA) is 159 Å². The van der Waals surface area contributed by atoms with E-state index in [2.05, 4.69) is 5.43 Å². The highest BCUT2D eigenvalue weighted by molar-refractivity contribution is 7.48. The lowest BCUT2D eigenvalue weighted by atomic mass is 9.92. The van der Waals surface area contributed by atoms with E-state index in [1.807, 2.05) is 91.0 Å². The Hall–Kier alpha value is -6.92. The molecule has 0 aliphatic rings. The second-order valence-electron chi connectivity index (χ2n) is 13.9. The molecular formula is C47H45N2O11P. The molecule has 314 valence electrons. The molecule has 61 heavy (non-hydrogen) atoms. The fraction of sp³-hybridized carbons (Fsp3) is 0.170. The van der Waals surface area contributed by atoms with Crippen molar-refractivity contribution in [2.24, 2.45) is 0 Å². The third kappa shape index (κ3) is 13.0. The molecule has 2 N–H and O–H groups in total. The first-order valence-electron chi connectivity index (χ1n) is 19.3. The number of aliphatic carboxylic acids is 1. The Morgan fingerprint density at radius 1 is 0.557 bits per heavy atom. The second-order valence-corrected chi connectivity index (χ2v) is 15.5. The molecular weight excluding hydrogens is 799 g/mol. The van der Waals surface area contributed by atoms with E-state index < -0.39 is 37.9 Å². The molecule has 0 bridgehead atoms. The summed E-state index contributed by atoms with van der Waals surface area (Å²) in [5.74, 6) is -1.44. The molecule has 6 aromatic carbocycles. The van der Waals surface area contributed by atoms with Crippen molar-refractivity contribution in [2.75, 3.05) is 0 Å². The van der Waals surface area contributed by atoms with Crippen molar-refractivity contribution in [2.45, 2.75) is 51.9 Å². The quantitative estimate of drug-likeness (QED) is 0.0590. The van der Waals surface area contributed by atoms with Crippen molar-refractivity contribution in [3.8, 4) is 11.5 Å². The first-order valence-corrected chi connectivity index (χ1v) is 20.7. The minimum atomic E-state index is -4.38. The summed E-state index contributed by atoms with van der Waals surface area (Å²) in [6.45, 7) is 0.742. The fourth-order valence-corrected chi connectivity index (χ4v) is 7.09. The van der Waals surface area contributed by atoms with E-state index >= 15 is 0 Å². The van der Waals surface area contributed by atoms with Crippen LogP contribution in [0.15, 0.2) is 170 Å². The van der Waals surface area contributed by atoms with E-state index in [0.717, 1.165) is 16.7 Å². The van der Waals surface area contributed by atoms with Crippen LogP contribution in [0.2, 0.25) is 0 Å². The van der Waals surface area contributed by atoms with Crippen molar-refractivity contribution in [3.05, 3.63) is 203 Å². The Kier molecular flexibility index (Phi) is 15.3. The van der Waals surface area contributed by atoms with Crippen LogP contribution in [-0.2, 0) is 67.3 Å². The highest BCUT2D eigenvalue weighted by Gasteiger charge is 2.46. The van der Waals surface area contributed by atoms with E-state index in [-0.39, 0.29) is 44.5 Å². The minimum Gasteiger partial charge on any atom is -0.485 e. The molecule has 6 rings (SSSR count). The maximum absolute atomic E-state index is 14.4. The number of carbonyl (C=O) groups is 3. The van der Waals surface area contributed by atoms with Crippen LogP contribution in [-0.4, -0.2) is 33.8 Å². The smallest absolute Gasteiger partial charge is 0.485 e. The number of nitrogens with one attached hydrogen (secondary N) is 1. The average Bonchev–Trinajstić information content (AvgIpc) is 3.29. The molecule has 0 spiro atoms. The minimum absolute atomic E-state index is 0.0251. The highest BCUT2D eigenvalue weighted by Crippen LogP contribution is 2.53. The van der Waals surface area contributed by atoms with Gasteiger partial charge in [0.1, 0.15) is 19.8 Å². The van der Waals surface area contributed by atoms with Gasteiger partial charge in [-0.05, 0) is 52.4 Å². The summed E-state index contributed by atoms with van der Waals surface area (Å²) in [5.41, 5.74) is 4.01. The van der Waals surface area contributed by atoms with Gasteiger partial charge >= 0.3 is 26.0 Å². The van der Waals surface area contributed by atoms with Crippen molar-refractivity contribution >= 4 is 26.0 Å². The van der Waals surface area contributed by atoms with Crippen LogP contribution in [0, 0.1) is 0 Å². The SMILES string of the molecule is C[C@](Cc1ccc(OP(=O)(OCc2ccccc2)OCc2ccccc2)c(OCc2ccccc2)c1)(C(=O)O)N(NC(=O)OCc1ccccc1)C(=O)OCc1ccccc1. The van der Waals surface area contributed by atoms with Gasteiger partial charge in [-0.15, -0.1) is 0 Å². The number of ether oxygens (including phenoxy) is 3. The molecule has 2 amide bonds. The molecule has 0 saturated heterocycles. The van der Waals surface area contributed by atoms with Crippen LogP contribution in [0.1, 0.15) is 40.3 Å². The van der Waals surface area contributed by atoms with Gasteiger partial charge in [0, 0.05) is 6.42 Å². The number of phosphoric ester groups is 1. The van der Waals surface area contributed by atoms with Gasteiger partial charge in [0.2, 0.25) is 0 Å². The predicted molar refractivity (Wildman–Crippen MR) is 226 cm³/mol. The van der Waals surface area contributed by atoms with Crippen LogP contribution in [0.4, 0.5) is 9.59 Å². The molecule has 1 atom stereocenters. The number of carbonyl (C=O) groups excluding carboxylic acids is 2. The van der Waals surface area contributed by atoms with Crippen molar-refractivity contribution in [3.63, 3.8) is 0 Å². The molecule has 0 saturated carbocycles. The van der Waals surface area contributed by atoms with Crippen LogP contribution < -0.4 is 14.7 Å². The van der Waals surface area contributed by atoms with E-state index in [0.29, 0.717) is 21.7 Å². The zero-order valence-electron chi connectivity index (χ0n) is 33.3. The summed E-state index contributed by atoms with van der Waals surface area (Å²) in [6.07, 6.45) is -2.64. The Balaban J connectivity index is 1.30. The zero-order valence-corrected chi connectivity index (χ0v) is 34.2. The lowest BCUT2D eigenvalue weighted by Gasteiger charge is -2.36. The molecule has 0 radical (unpaired) electrons. The Labute approximate surface area is 354 Å². The summed E-state index contributed by atoms with van der Waals surface area (Å²) in [6, 6.07) is 49.5. The van der Waals surface area contributed by atoms with Gasteiger partial charge in [-0.1, -0.05) is 158 Å². The number of rotatable bonds is 19. The number of phosphoric acid groups is 1. The number of benzene rings is 6. The molecule has 0 fully saturated rings. The lowest BCUT2D eigenvalue weighted by Crippen LogP contribution is -2.63. The summed E-state index contributed by atoms with van der Waals surface area (Å²) >= 11 is 0. The fourth-order valence-electron chi connectivity index (χ4n) is 5.90. The first kappa shape index (κ1) is 43.7. The number of hydrogen-bond acceptors (Lipinski definition) is 10. The van der Waals surface area contributed by atoms with E-state index in [1.54, 1.807) is 60.7 Å². The molecule has 14 heteroatoms. The van der Waals surface area contributed by atoms with E-state index in [9.17, 15) is 24.1 Å². The van der Waals surface area contributed by atoms with Gasteiger partial charge in [0.25, 0.3) is 0 Å². The number of nitrogens with zero attached hydrogens (tertiary/aromatic N) is 1. The number of carboxylic acids is 1. The standard InChI is InChI=1S/C47H45N2O11P/c1-47(44(50)51,49(46(53)57-33-38-21-11-4-12-22-38)48-45(52)56-32-37-19-9-3-10-20-37)30-41-27-28-42(43(29-41)55-31-36-17-7-2-8-18-36)60-61(54,58-34-39-23-13-5-14-24-39)59-35-40-25-15-6-16-26-40/h2-29H,30-35H2,1H3,(H,48,52)(H,50,51)/t47-/m0/s1. The second kappa shape index (κ2) is 21.4. The van der Waals surface area contributed by atoms with E-state index in [4.69, 9.17) is 27.8 Å². The molecule has 0 unspecified atom stereocenters. The van der Waals surface area contributed by atoms with Crippen LogP contribution in [0.25, 0.3) is 0 Å². The normalized spacial score (nSPS) is 12.0. The number of amides is 2. The van der Waals surface area contributed by atoms with Crippen LogP contribution in [0.5, 0.6) is 11.5 Å². The van der Waals surface area contributed by atoms with Crippen molar-refractivity contribution in [1.29, 1.82) is 0 Å². The third-order valence-corrected chi connectivity index (χ3v) is 10.5. The van der Waals surface area contributed by atoms with Gasteiger partial charge < -0.3 is 23.8 Å². The van der Waals surface area contributed by atoms with E-state index in [1.165, 1.54) is 25.1 Å². The Morgan fingerprint density at radius 2 is 0.984 bits per heavy atom. The maximum Gasteiger partial charge on any atom is 0.530 e. The monoisotopic (exact) mass is 844 g/mol. The van der Waals surface area contributed by atoms with Gasteiger partial charge in [0.05, 0.1) is 13.2 Å². The maximum atomic E-state index is 14.4. The zero-order chi connectivity index (χ0) is 42.9. The number of carboxylic acid groups (broad SMARTS) is 1. The summed E-state index contributed by atoms with van der Waals surface area (Å²) in [5, 5.41) is 11.4. The number of hydrazine groups is 1. The summed E-state index contributed by atoms with van der Waals surface area (Å²) < 4.78 is 49.4. The molecule has 0 aromatic heterocycles. The van der Waals surface area contributed by atoms with Gasteiger partial charge in [0.15, 0.2) is 17.0 Å². The molecule has 0 heterocycles. The average molecular weight is 845 g/mol. The molecule has 13 nitrogen and oxygen atoms in total.